The summed E-state index contributed by atoms with van der Waals surface area (Å²) in [5.41, 5.74) is 0.942. The average Bonchev–Trinajstić information content (AvgIpc) is 2.99. The van der Waals surface area contributed by atoms with Crippen LogP contribution in [-0.2, 0) is 0 Å². The zero-order valence-corrected chi connectivity index (χ0v) is 14.3. The number of nitrogens with zero attached hydrogens (tertiary/aromatic N) is 3. The summed E-state index contributed by atoms with van der Waals surface area (Å²) < 4.78 is 1.63. The first-order valence-corrected chi connectivity index (χ1v) is 8.38. The Bertz CT molecular complexity index is 728. The summed E-state index contributed by atoms with van der Waals surface area (Å²) in [6, 6.07) is 3.56. The van der Waals surface area contributed by atoms with E-state index < -0.39 is 0 Å². The molecule has 3 rings (SSSR count). The molecular weight excluding hydrogens is 314 g/mol. The molecule has 1 N–H and O–H groups in total. The number of pyridine rings is 1. The number of aromatic nitrogens is 2. The van der Waals surface area contributed by atoms with E-state index in [0.717, 1.165) is 12.8 Å². The van der Waals surface area contributed by atoms with Gasteiger partial charge in [0.15, 0.2) is 0 Å². The molecule has 3 heterocycles. The highest BCUT2D eigenvalue weighted by atomic mass is 35.5. The third-order valence-corrected chi connectivity index (χ3v) is 5.46. The van der Waals surface area contributed by atoms with Crippen molar-refractivity contribution in [3.8, 4) is 0 Å². The third-order valence-electron chi connectivity index (χ3n) is 5.16. The van der Waals surface area contributed by atoms with Crippen molar-refractivity contribution in [2.45, 2.75) is 26.7 Å². The molecule has 1 unspecified atom stereocenters. The number of rotatable bonds is 3. The van der Waals surface area contributed by atoms with Gasteiger partial charge < -0.3 is 10.0 Å². The monoisotopic (exact) mass is 335 g/mol. The topological polar surface area (TPSA) is 57.8 Å². The van der Waals surface area contributed by atoms with E-state index in [4.69, 9.17) is 11.6 Å². The summed E-state index contributed by atoms with van der Waals surface area (Å²) >= 11 is 6.25. The van der Waals surface area contributed by atoms with Crippen LogP contribution in [0.2, 0.25) is 5.02 Å². The smallest absolute Gasteiger partial charge is 0.257 e. The molecule has 6 heteroatoms. The molecular formula is C17H22ClN3O2. The maximum atomic E-state index is 13.0. The first-order chi connectivity index (χ1) is 11.0. The summed E-state index contributed by atoms with van der Waals surface area (Å²) in [5, 5.41) is 14.6. The number of carbonyl (C=O) groups is 1. The Morgan fingerprint density at radius 2 is 2.30 bits per heavy atom. The maximum absolute atomic E-state index is 13.0. The number of aliphatic hydroxyl groups excluding tert-OH is 1. The number of carbonyl (C=O) groups excluding carboxylic acids is 1. The Morgan fingerprint density at radius 1 is 1.52 bits per heavy atom. The Balaban J connectivity index is 1.93. The standard InChI is InChI=1S/C17H22ClN3O2/c1-12(2)17(11-22)6-4-7-20(10-17)16(23)13-9-19-21-8-3-5-14(18)15(13)21/h3,5,8-9,12,22H,4,6-7,10-11H2,1-2H3. The fraction of sp³-hybridized carbons (Fsp3) is 0.529. The Morgan fingerprint density at radius 3 is 3.00 bits per heavy atom. The van der Waals surface area contributed by atoms with Crippen molar-refractivity contribution in [2.24, 2.45) is 11.3 Å². The van der Waals surface area contributed by atoms with Gasteiger partial charge in [0.05, 0.1) is 28.9 Å². The van der Waals surface area contributed by atoms with Crippen LogP contribution in [0.4, 0.5) is 0 Å². The highest BCUT2D eigenvalue weighted by molar-refractivity contribution is 6.34. The summed E-state index contributed by atoms with van der Waals surface area (Å²) in [7, 11) is 0. The summed E-state index contributed by atoms with van der Waals surface area (Å²) in [6.07, 6.45) is 5.20. The zero-order chi connectivity index (χ0) is 16.6. The molecule has 0 bridgehead atoms. The minimum atomic E-state index is -0.222. The van der Waals surface area contributed by atoms with Crippen molar-refractivity contribution in [3.63, 3.8) is 0 Å². The molecule has 2 aromatic rings. The van der Waals surface area contributed by atoms with Crippen LogP contribution < -0.4 is 0 Å². The molecule has 0 radical (unpaired) electrons. The van der Waals surface area contributed by atoms with Crippen molar-refractivity contribution >= 4 is 23.0 Å². The summed E-state index contributed by atoms with van der Waals surface area (Å²) in [5.74, 6) is 0.252. The molecule has 0 aromatic carbocycles. The number of likely N-dealkylation sites (tertiary alicyclic amines) is 1. The van der Waals surface area contributed by atoms with E-state index in [1.54, 1.807) is 29.0 Å². The van der Waals surface area contributed by atoms with Crippen LogP contribution in [0.3, 0.4) is 0 Å². The fourth-order valence-corrected chi connectivity index (χ4v) is 3.71. The number of amides is 1. The highest BCUT2D eigenvalue weighted by Crippen LogP contribution is 2.37. The molecule has 5 nitrogen and oxygen atoms in total. The van der Waals surface area contributed by atoms with Crippen molar-refractivity contribution in [1.82, 2.24) is 14.5 Å². The highest BCUT2D eigenvalue weighted by Gasteiger charge is 2.39. The Hall–Kier alpha value is -1.59. The van der Waals surface area contributed by atoms with Gasteiger partial charge in [-0.3, -0.25) is 4.79 Å². The van der Waals surface area contributed by atoms with E-state index in [0.29, 0.717) is 35.1 Å². The van der Waals surface area contributed by atoms with Crippen LogP contribution in [0, 0.1) is 11.3 Å². The summed E-state index contributed by atoms with van der Waals surface area (Å²) in [4.78, 5) is 14.8. The number of piperidine rings is 1. The van der Waals surface area contributed by atoms with Gasteiger partial charge in [-0.05, 0) is 30.9 Å². The van der Waals surface area contributed by atoms with Crippen molar-refractivity contribution in [1.29, 1.82) is 0 Å². The summed E-state index contributed by atoms with van der Waals surface area (Å²) in [6.45, 7) is 5.59. The van der Waals surface area contributed by atoms with E-state index in [1.165, 1.54) is 0 Å². The molecule has 1 saturated heterocycles. The van der Waals surface area contributed by atoms with E-state index in [1.807, 2.05) is 4.90 Å². The predicted molar refractivity (Wildman–Crippen MR) is 89.7 cm³/mol. The van der Waals surface area contributed by atoms with Crippen LogP contribution in [-0.4, -0.2) is 45.2 Å². The van der Waals surface area contributed by atoms with Gasteiger partial charge in [-0.1, -0.05) is 25.4 Å². The lowest BCUT2D eigenvalue weighted by molar-refractivity contribution is 0.000779. The van der Waals surface area contributed by atoms with Gasteiger partial charge in [0.25, 0.3) is 5.91 Å². The van der Waals surface area contributed by atoms with Crippen molar-refractivity contribution in [3.05, 3.63) is 35.1 Å². The van der Waals surface area contributed by atoms with Gasteiger partial charge in [0, 0.05) is 24.7 Å². The van der Waals surface area contributed by atoms with Crippen LogP contribution >= 0.6 is 11.6 Å². The zero-order valence-electron chi connectivity index (χ0n) is 13.5. The molecule has 23 heavy (non-hydrogen) atoms. The quantitative estimate of drug-likeness (QED) is 0.938. The lowest BCUT2D eigenvalue weighted by atomic mass is 9.72. The molecule has 2 aromatic heterocycles. The Labute approximate surface area is 140 Å². The lowest BCUT2D eigenvalue weighted by Crippen LogP contribution is -2.50. The molecule has 124 valence electrons. The number of aliphatic hydroxyl groups is 1. The average molecular weight is 336 g/mol. The molecule has 0 spiro atoms. The first-order valence-electron chi connectivity index (χ1n) is 8.00. The van der Waals surface area contributed by atoms with Crippen molar-refractivity contribution in [2.75, 3.05) is 19.7 Å². The number of halogens is 1. The van der Waals surface area contributed by atoms with Gasteiger partial charge in [0.1, 0.15) is 0 Å². The van der Waals surface area contributed by atoms with Gasteiger partial charge in [-0.15, -0.1) is 0 Å². The van der Waals surface area contributed by atoms with Gasteiger partial charge in [-0.25, -0.2) is 4.52 Å². The van der Waals surface area contributed by atoms with E-state index in [2.05, 4.69) is 18.9 Å². The van der Waals surface area contributed by atoms with Crippen LogP contribution in [0.15, 0.2) is 24.5 Å². The van der Waals surface area contributed by atoms with Gasteiger partial charge in [-0.2, -0.15) is 5.10 Å². The molecule has 1 atom stereocenters. The van der Waals surface area contributed by atoms with Gasteiger partial charge >= 0.3 is 0 Å². The minimum Gasteiger partial charge on any atom is -0.396 e. The van der Waals surface area contributed by atoms with Gasteiger partial charge in [0.2, 0.25) is 0 Å². The number of hydrogen-bond donors (Lipinski definition) is 1. The lowest BCUT2D eigenvalue weighted by Gasteiger charge is -2.44. The maximum Gasteiger partial charge on any atom is 0.257 e. The molecule has 1 aliphatic heterocycles. The normalized spacial score (nSPS) is 22.0. The van der Waals surface area contributed by atoms with Crippen LogP contribution in [0.25, 0.3) is 5.52 Å². The second kappa shape index (κ2) is 6.13. The molecule has 0 saturated carbocycles. The van der Waals surface area contributed by atoms with E-state index in [9.17, 15) is 9.90 Å². The largest absolute Gasteiger partial charge is 0.396 e. The van der Waals surface area contributed by atoms with Crippen LogP contribution in [0.5, 0.6) is 0 Å². The van der Waals surface area contributed by atoms with E-state index in [-0.39, 0.29) is 17.9 Å². The molecule has 0 aliphatic carbocycles. The van der Waals surface area contributed by atoms with Crippen molar-refractivity contribution < 1.29 is 9.90 Å². The van der Waals surface area contributed by atoms with E-state index >= 15 is 0 Å². The minimum absolute atomic E-state index is 0.0636. The first kappa shape index (κ1) is 16.3. The SMILES string of the molecule is CC(C)C1(CO)CCCN(C(=O)c2cnn3cccc(Cl)c23)C1. The third kappa shape index (κ3) is 2.72. The second-order valence-electron chi connectivity index (χ2n) is 6.71. The van der Waals surface area contributed by atoms with Crippen LogP contribution in [0.1, 0.15) is 37.0 Å². The molecule has 1 fully saturated rings. The predicted octanol–water partition coefficient (Wildman–Crippen LogP) is 2.86. The second-order valence-corrected chi connectivity index (χ2v) is 7.12. The fourth-order valence-electron chi connectivity index (χ4n) is 3.44. The Kier molecular flexibility index (Phi) is 4.34. The molecule has 1 amide bonds. The number of hydrogen-bond acceptors (Lipinski definition) is 3. The molecule has 1 aliphatic rings. The number of fused-ring (bicyclic) bond motifs is 1.